The summed E-state index contributed by atoms with van der Waals surface area (Å²) >= 11 is 0. The van der Waals surface area contributed by atoms with Crippen LogP contribution in [0.2, 0.25) is 0 Å². The summed E-state index contributed by atoms with van der Waals surface area (Å²) < 4.78 is 12.7. The molecule has 0 aliphatic carbocycles. The molecule has 0 amide bonds. The first-order valence-electron chi connectivity index (χ1n) is 10.1. The Balaban J connectivity index is 1.50. The van der Waals surface area contributed by atoms with Gasteiger partial charge in [0.15, 0.2) is 0 Å². The van der Waals surface area contributed by atoms with Gasteiger partial charge in [0.25, 0.3) is 0 Å². The summed E-state index contributed by atoms with van der Waals surface area (Å²) in [5, 5.41) is 31.4. The van der Waals surface area contributed by atoms with Crippen LogP contribution < -0.4 is 9.47 Å². The number of benzene rings is 2. The van der Waals surface area contributed by atoms with Crippen LogP contribution in [0.5, 0.6) is 11.5 Å². The highest BCUT2D eigenvalue weighted by molar-refractivity contribution is 5.79. The minimum absolute atomic E-state index is 0.0504. The number of aromatic nitrogens is 1. The molecule has 0 aliphatic rings. The lowest BCUT2D eigenvalue weighted by Crippen LogP contribution is -2.42. The van der Waals surface area contributed by atoms with Crippen LogP contribution in [0.3, 0.4) is 0 Å². The average molecular weight is 415 g/mol. The first-order valence-corrected chi connectivity index (χ1v) is 10.1. The highest BCUT2D eigenvalue weighted by Crippen LogP contribution is 2.18. The summed E-state index contributed by atoms with van der Waals surface area (Å²) in [4.78, 5) is 1.85. The third-order valence-corrected chi connectivity index (χ3v) is 4.94. The smallest absolute Gasteiger partial charge is 0.119 e. The van der Waals surface area contributed by atoms with Crippen molar-refractivity contribution in [2.24, 2.45) is 0 Å². The van der Waals surface area contributed by atoms with E-state index in [1.807, 2.05) is 46.0 Å². The van der Waals surface area contributed by atoms with E-state index in [4.69, 9.17) is 9.47 Å². The third-order valence-electron chi connectivity index (χ3n) is 4.94. The van der Waals surface area contributed by atoms with Gasteiger partial charge in [-0.25, -0.2) is 0 Å². The van der Waals surface area contributed by atoms with Crippen molar-refractivity contribution in [3.63, 3.8) is 0 Å². The highest BCUT2D eigenvalue weighted by atomic mass is 16.5. The Hall–Kier alpha value is -2.58. The van der Waals surface area contributed by atoms with Gasteiger partial charge >= 0.3 is 0 Å². The predicted octanol–water partition coefficient (Wildman–Crippen LogP) is 1.74. The molecule has 0 saturated carbocycles. The van der Waals surface area contributed by atoms with Gasteiger partial charge in [-0.05, 0) is 41.8 Å². The van der Waals surface area contributed by atoms with E-state index < -0.39 is 12.2 Å². The minimum Gasteiger partial charge on any atom is -0.497 e. The molecule has 2 atom stereocenters. The zero-order valence-corrected chi connectivity index (χ0v) is 17.2. The molecule has 1 aromatic heterocycles. The number of hydrogen-bond acceptors (Lipinski definition) is 6. The summed E-state index contributed by atoms with van der Waals surface area (Å²) in [6.07, 6.45) is 0.572. The molecule has 0 unspecified atom stereocenters. The molecule has 7 nitrogen and oxygen atoms in total. The van der Waals surface area contributed by atoms with Gasteiger partial charge in [-0.1, -0.05) is 18.2 Å². The molecule has 30 heavy (non-hydrogen) atoms. The summed E-state index contributed by atoms with van der Waals surface area (Å²) in [7, 11) is 1.60. The van der Waals surface area contributed by atoms with Gasteiger partial charge in [0.2, 0.25) is 0 Å². The first kappa shape index (κ1) is 22.1. The molecule has 0 fully saturated rings. The highest BCUT2D eigenvalue weighted by Gasteiger charge is 2.17. The van der Waals surface area contributed by atoms with Crippen molar-refractivity contribution in [1.82, 2.24) is 9.47 Å². The zero-order valence-electron chi connectivity index (χ0n) is 17.2. The molecule has 2 aromatic carbocycles. The Morgan fingerprint density at radius 2 is 1.63 bits per heavy atom. The van der Waals surface area contributed by atoms with Crippen LogP contribution in [-0.2, 0) is 6.54 Å². The number of hydrogen-bond donors (Lipinski definition) is 3. The number of methoxy groups -OCH3 is 1. The Morgan fingerprint density at radius 1 is 0.933 bits per heavy atom. The van der Waals surface area contributed by atoms with E-state index in [-0.39, 0.29) is 13.2 Å². The second kappa shape index (κ2) is 11.0. The van der Waals surface area contributed by atoms with E-state index in [2.05, 4.69) is 0 Å². The molecule has 0 saturated heterocycles. The Bertz CT molecular complexity index is 896. The summed E-state index contributed by atoms with van der Waals surface area (Å²) in [6, 6.07) is 17.2. The van der Waals surface area contributed by atoms with E-state index in [1.54, 1.807) is 31.4 Å². The molecule has 3 aromatic rings. The first-order chi connectivity index (χ1) is 14.6. The zero-order chi connectivity index (χ0) is 21.3. The van der Waals surface area contributed by atoms with Gasteiger partial charge in [0.05, 0.1) is 19.8 Å². The predicted molar refractivity (Wildman–Crippen MR) is 116 cm³/mol. The monoisotopic (exact) mass is 414 g/mol. The lowest BCUT2D eigenvalue weighted by atomic mass is 10.2. The fraction of sp³-hybridized carbons (Fsp3) is 0.391. The largest absolute Gasteiger partial charge is 0.497 e. The number of aliphatic hydroxyl groups excluding tert-OH is 3. The standard InChI is InChI=1S/C23H30N2O5/c1-29-21-6-8-22(9-7-21)30-17-20(28)15-24(12-13-26)14-19(27)16-25-11-10-18-4-2-3-5-23(18)25/h2-11,19-20,26-28H,12-17H2,1H3/t19-,20+/m1/s1. The number of para-hydroxylation sites is 1. The summed E-state index contributed by atoms with van der Waals surface area (Å²) in [5.41, 5.74) is 1.07. The molecule has 0 aliphatic heterocycles. The van der Waals surface area contributed by atoms with E-state index in [0.29, 0.717) is 31.9 Å². The van der Waals surface area contributed by atoms with E-state index >= 15 is 0 Å². The Kier molecular flexibility index (Phi) is 8.10. The lowest BCUT2D eigenvalue weighted by molar-refractivity contribution is 0.0351. The van der Waals surface area contributed by atoms with Crippen molar-refractivity contribution >= 4 is 10.9 Å². The lowest BCUT2D eigenvalue weighted by Gasteiger charge is -2.27. The number of nitrogens with zero attached hydrogens (tertiary/aromatic N) is 2. The van der Waals surface area contributed by atoms with Crippen molar-refractivity contribution in [3.05, 3.63) is 60.8 Å². The number of fused-ring (bicyclic) bond motifs is 1. The van der Waals surface area contributed by atoms with Gasteiger partial charge in [0, 0.05) is 37.9 Å². The minimum atomic E-state index is -0.752. The topological polar surface area (TPSA) is 87.3 Å². The molecular weight excluding hydrogens is 384 g/mol. The third kappa shape index (κ3) is 6.21. The fourth-order valence-corrected chi connectivity index (χ4v) is 3.50. The Labute approximate surface area is 176 Å². The van der Waals surface area contributed by atoms with Gasteiger partial charge in [0.1, 0.15) is 24.2 Å². The second-order valence-electron chi connectivity index (χ2n) is 7.30. The molecular formula is C23H30N2O5. The molecule has 0 radical (unpaired) electrons. The summed E-state index contributed by atoms with van der Waals surface area (Å²) in [6.45, 7) is 1.50. The second-order valence-corrected chi connectivity index (χ2v) is 7.30. The normalized spacial score (nSPS) is 13.5. The maximum absolute atomic E-state index is 10.6. The molecule has 1 heterocycles. The van der Waals surface area contributed by atoms with Crippen LogP contribution in [0.25, 0.3) is 10.9 Å². The number of rotatable bonds is 12. The molecule has 7 heteroatoms. The maximum atomic E-state index is 10.6. The van der Waals surface area contributed by atoms with Crippen LogP contribution in [0.15, 0.2) is 60.8 Å². The molecule has 0 bridgehead atoms. The van der Waals surface area contributed by atoms with Crippen LogP contribution in [0, 0.1) is 0 Å². The summed E-state index contributed by atoms with van der Waals surface area (Å²) in [5.74, 6) is 1.38. The van der Waals surface area contributed by atoms with Crippen molar-refractivity contribution in [2.75, 3.05) is 40.0 Å². The maximum Gasteiger partial charge on any atom is 0.119 e. The Morgan fingerprint density at radius 3 is 2.37 bits per heavy atom. The molecule has 162 valence electrons. The SMILES string of the molecule is COc1ccc(OC[C@@H](O)CN(CCO)C[C@@H](O)Cn2ccc3ccccc32)cc1. The van der Waals surface area contributed by atoms with E-state index in [9.17, 15) is 15.3 Å². The number of ether oxygens (including phenoxy) is 2. The van der Waals surface area contributed by atoms with Crippen LogP contribution >= 0.6 is 0 Å². The molecule has 0 spiro atoms. The van der Waals surface area contributed by atoms with E-state index in [1.165, 1.54) is 0 Å². The van der Waals surface area contributed by atoms with Gasteiger partial charge < -0.3 is 29.4 Å². The van der Waals surface area contributed by atoms with Gasteiger partial charge in [-0.15, -0.1) is 0 Å². The quantitative estimate of drug-likeness (QED) is 0.419. The van der Waals surface area contributed by atoms with Crippen LogP contribution in [-0.4, -0.2) is 77.0 Å². The average Bonchev–Trinajstić information content (AvgIpc) is 3.15. The van der Waals surface area contributed by atoms with Crippen molar-refractivity contribution in [2.45, 2.75) is 18.8 Å². The molecule has 3 N–H and O–H groups in total. The van der Waals surface area contributed by atoms with Crippen molar-refractivity contribution in [3.8, 4) is 11.5 Å². The fourth-order valence-electron chi connectivity index (χ4n) is 3.50. The van der Waals surface area contributed by atoms with Crippen molar-refractivity contribution in [1.29, 1.82) is 0 Å². The van der Waals surface area contributed by atoms with E-state index in [0.717, 1.165) is 16.7 Å². The van der Waals surface area contributed by atoms with Crippen molar-refractivity contribution < 1.29 is 24.8 Å². The van der Waals surface area contributed by atoms with Crippen LogP contribution in [0.4, 0.5) is 0 Å². The number of aliphatic hydroxyl groups is 3. The van der Waals surface area contributed by atoms with Gasteiger partial charge in [-0.2, -0.15) is 0 Å². The molecule has 3 rings (SSSR count). The van der Waals surface area contributed by atoms with Crippen LogP contribution in [0.1, 0.15) is 0 Å². The van der Waals surface area contributed by atoms with Gasteiger partial charge in [-0.3, -0.25) is 4.90 Å².